The Balaban J connectivity index is 1.78. The SMILES string of the molecule is CCCS(=O)(=O)Nc1ccc(NC(=O)c2ccc(OC)c(S(=O)(=O)N3CCOCC3)c2)cc1. The fraction of sp³-hybridized carbons (Fsp3) is 0.381. The minimum atomic E-state index is -3.88. The number of ether oxygens (including phenoxy) is 2. The number of methoxy groups -OCH3 is 1. The van der Waals surface area contributed by atoms with Crippen molar-refractivity contribution in [2.24, 2.45) is 0 Å². The Morgan fingerprint density at radius 3 is 2.27 bits per heavy atom. The number of rotatable bonds is 9. The second-order valence-electron chi connectivity index (χ2n) is 7.33. The second-order valence-corrected chi connectivity index (χ2v) is 11.1. The van der Waals surface area contributed by atoms with Crippen molar-refractivity contribution in [3.05, 3.63) is 48.0 Å². The number of hydrogen-bond acceptors (Lipinski definition) is 7. The van der Waals surface area contributed by atoms with Gasteiger partial charge < -0.3 is 14.8 Å². The van der Waals surface area contributed by atoms with E-state index in [0.717, 1.165) is 0 Å². The molecule has 1 aliphatic heterocycles. The van der Waals surface area contributed by atoms with Gasteiger partial charge >= 0.3 is 0 Å². The van der Waals surface area contributed by atoms with E-state index in [4.69, 9.17) is 9.47 Å². The van der Waals surface area contributed by atoms with E-state index in [2.05, 4.69) is 10.0 Å². The van der Waals surface area contributed by atoms with Gasteiger partial charge in [-0.1, -0.05) is 6.92 Å². The van der Waals surface area contributed by atoms with Gasteiger partial charge in [-0.2, -0.15) is 4.31 Å². The number of sulfonamides is 2. The van der Waals surface area contributed by atoms with Crippen molar-refractivity contribution in [1.29, 1.82) is 0 Å². The molecule has 1 amide bonds. The molecule has 0 aliphatic carbocycles. The predicted octanol–water partition coefficient (Wildman–Crippen LogP) is 2.12. The number of benzene rings is 2. The van der Waals surface area contributed by atoms with Gasteiger partial charge in [0.25, 0.3) is 5.91 Å². The molecule has 1 saturated heterocycles. The predicted molar refractivity (Wildman–Crippen MR) is 125 cm³/mol. The number of nitrogens with zero attached hydrogens (tertiary/aromatic N) is 1. The van der Waals surface area contributed by atoms with Crippen LogP contribution in [0.3, 0.4) is 0 Å². The number of nitrogens with one attached hydrogen (secondary N) is 2. The summed E-state index contributed by atoms with van der Waals surface area (Å²) in [6.45, 7) is 2.81. The zero-order valence-corrected chi connectivity index (χ0v) is 20.0. The molecule has 0 aromatic heterocycles. The Kier molecular flexibility index (Phi) is 7.95. The third kappa shape index (κ3) is 6.22. The van der Waals surface area contributed by atoms with Crippen LogP contribution in [-0.4, -0.2) is 66.2 Å². The van der Waals surface area contributed by atoms with Crippen LogP contribution in [0.5, 0.6) is 5.75 Å². The van der Waals surface area contributed by atoms with E-state index >= 15 is 0 Å². The topological polar surface area (TPSA) is 131 Å². The van der Waals surface area contributed by atoms with Crippen molar-refractivity contribution in [3.8, 4) is 5.75 Å². The van der Waals surface area contributed by atoms with E-state index < -0.39 is 26.0 Å². The molecule has 0 unspecified atom stereocenters. The van der Waals surface area contributed by atoms with Gasteiger partial charge in [0.15, 0.2) is 0 Å². The first kappa shape index (κ1) is 25.0. The molecule has 10 nitrogen and oxygen atoms in total. The monoisotopic (exact) mass is 497 g/mol. The maximum atomic E-state index is 13.1. The van der Waals surface area contributed by atoms with E-state index in [0.29, 0.717) is 31.0 Å². The molecule has 33 heavy (non-hydrogen) atoms. The van der Waals surface area contributed by atoms with Gasteiger partial charge in [0.1, 0.15) is 10.6 Å². The first-order valence-electron chi connectivity index (χ1n) is 10.3. The number of hydrogen-bond donors (Lipinski definition) is 2. The van der Waals surface area contributed by atoms with Crippen LogP contribution in [0.1, 0.15) is 23.7 Å². The summed E-state index contributed by atoms with van der Waals surface area (Å²) >= 11 is 0. The number of carbonyl (C=O) groups is 1. The molecule has 3 rings (SSSR count). The normalized spacial score (nSPS) is 15.1. The second kappa shape index (κ2) is 10.5. The fourth-order valence-corrected chi connectivity index (χ4v) is 5.99. The molecule has 180 valence electrons. The van der Waals surface area contributed by atoms with Crippen LogP contribution in [0, 0.1) is 0 Å². The molecule has 2 aromatic rings. The lowest BCUT2D eigenvalue weighted by molar-refractivity contribution is 0.0729. The number of amides is 1. The first-order valence-corrected chi connectivity index (χ1v) is 13.4. The van der Waals surface area contributed by atoms with Crippen LogP contribution in [0.4, 0.5) is 11.4 Å². The zero-order chi connectivity index (χ0) is 24.1. The molecule has 2 aromatic carbocycles. The molecule has 0 bridgehead atoms. The van der Waals surface area contributed by atoms with Crippen molar-refractivity contribution in [1.82, 2.24) is 4.31 Å². The first-order chi connectivity index (χ1) is 15.7. The molecular formula is C21H27N3O7S2. The molecule has 1 aliphatic rings. The van der Waals surface area contributed by atoms with Gasteiger partial charge in [-0.3, -0.25) is 9.52 Å². The van der Waals surface area contributed by atoms with Crippen molar-refractivity contribution in [3.63, 3.8) is 0 Å². The molecule has 0 radical (unpaired) electrons. The molecule has 0 atom stereocenters. The van der Waals surface area contributed by atoms with Crippen LogP contribution in [0.25, 0.3) is 0 Å². The fourth-order valence-electron chi connectivity index (χ4n) is 3.27. The molecular weight excluding hydrogens is 470 g/mol. The Hall–Kier alpha value is -2.67. The Morgan fingerprint density at radius 1 is 1.03 bits per heavy atom. The lowest BCUT2D eigenvalue weighted by Crippen LogP contribution is -2.40. The Morgan fingerprint density at radius 2 is 1.67 bits per heavy atom. The summed E-state index contributed by atoms with van der Waals surface area (Å²) in [6, 6.07) is 10.4. The minimum absolute atomic E-state index is 0.0126. The van der Waals surface area contributed by atoms with Crippen LogP contribution in [0.2, 0.25) is 0 Å². The van der Waals surface area contributed by atoms with Gasteiger partial charge in [-0.05, 0) is 48.9 Å². The summed E-state index contributed by atoms with van der Waals surface area (Å²) in [4.78, 5) is 12.7. The molecule has 1 heterocycles. The highest BCUT2D eigenvalue weighted by Crippen LogP contribution is 2.29. The lowest BCUT2D eigenvalue weighted by Gasteiger charge is -2.26. The summed E-state index contributed by atoms with van der Waals surface area (Å²) < 4.78 is 64.2. The average molecular weight is 498 g/mol. The third-order valence-corrected chi connectivity index (χ3v) is 8.31. The van der Waals surface area contributed by atoms with Crippen LogP contribution >= 0.6 is 0 Å². The van der Waals surface area contributed by atoms with Crippen molar-refractivity contribution < 1.29 is 31.1 Å². The average Bonchev–Trinajstić information content (AvgIpc) is 2.80. The van der Waals surface area contributed by atoms with Gasteiger partial charge in [0.2, 0.25) is 20.0 Å². The van der Waals surface area contributed by atoms with Crippen molar-refractivity contribution in [2.75, 3.05) is 49.2 Å². The van der Waals surface area contributed by atoms with Gasteiger partial charge in [0.05, 0.1) is 26.1 Å². The molecule has 2 N–H and O–H groups in total. The summed E-state index contributed by atoms with van der Waals surface area (Å²) in [5, 5.41) is 2.68. The lowest BCUT2D eigenvalue weighted by atomic mass is 10.2. The molecule has 12 heteroatoms. The smallest absolute Gasteiger partial charge is 0.255 e. The summed E-state index contributed by atoms with van der Waals surface area (Å²) in [6.07, 6.45) is 0.495. The quantitative estimate of drug-likeness (QED) is 0.542. The number of anilines is 2. The highest BCUT2D eigenvalue weighted by molar-refractivity contribution is 7.92. The van der Waals surface area contributed by atoms with Crippen LogP contribution in [0.15, 0.2) is 47.4 Å². The number of carbonyl (C=O) groups excluding carboxylic acids is 1. The molecule has 1 fully saturated rings. The van der Waals surface area contributed by atoms with Gasteiger partial charge in [-0.25, -0.2) is 16.8 Å². The van der Waals surface area contributed by atoms with Crippen LogP contribution in [-0.2, 0) is 24.8 Å². The van der Waals surface area contributed by atoms with E-state index in [1.54, 1.807) is 19.1 Å². The Labute approximate surface area is 194 Å². The highest BCUT2D eigenvalue weighted by atomic mass is 32.2. The van der Waals surface area contributed by atoms with Crippen LogP contribution < -0.4 is 14.8 Å². The van der Waals surface area contributed by atoms with Gasteiger partial charge in [-0.15, -0.1) is 0 Å². The maximum absolute atomic E-state index is 13.1. The summed E-state index contributed by atoms with van der Waals surface area (Å²) in [7, 11) is -5.93. The van der Waals surface area contributed by atoms with E-state index in [9.17, 15) is 21.6 Å². The van der Waals surface area contributed by atoms with Crippen molar-refractivity contribution >= 4 is 37.3 Å². The molecule has 0 spiro atoms. The van der Waals surface area contributed by atoms with E-state index in [-0.39, 0.29) is 35.1 Å². The minimum Gasteiger partial charge on any atom is -0.495 e. The summed E-state index contributed by atoms with van der Waals surface area (Å²) in [5.41, 5.74) is 0.937. The van der Waals surface area contributed by atoms with Gasteiger partial charge in [0, 0.05) is 30.0 Å². The van der Waals surface area contributed by atoms with Crippen molar-refractivity contribution in [2.45, 2.75) is 18.2 Å². The summed E-state index contributed by atoms with van der Waals surface area (Å²) in [5.74, 6) is -0.365. The van der Waals surface area contributed by atoms with E-state index in [1.807, 2.05) is 0 Å². The number of morpholine rings is 1. The largest absolute Gasteiger partial charge is 0.495 e. The highest BCUT2D eigenvalue weighted by Gasteiger charge is 2.30. The molecule has 0 saturated carbocycles. The Bertz CT molecular complexity index is 1190. The zero-order valence-electron chi connectivity index (χ0n) is 18.4. The third-order valence-electron chi connectivity index (χ3n) is 4.90. The van der Waals surface area contributed by atoms with E-state index in [1.165, 1.54) is 41.7 Å². The maximum Gasteiger partial charge on any atom is 0.255 e. The standard InChI is InChI=1S/C21H27N3O7S2/c1-3-14-32(26,27)23-18-7-5-17(6-8-18)22-21(25)16-4-9-19(30-2)20(15-16)33(28,29)24-10-12-31-13-11-24/h4-9,15,23H,3,10-14H2,1-2H3,(H,22,25).